The van der Waals surface area contributed by atoms with Gasteiger partial charge in [-0.15, -0.1) is 0 Å². The maximum Gasteiger partial charge on any atom is 0.252 e. The zero-order chi connectivity index (χ0) is 23.8. The molecule has 6 heteroatoms. The molecule has 0 saturated heterocycles. The van der Waals surface area contributed by atoms with Crippen LogP contribution in [-0.4, -0.2) is 20.7 Å². The second kappa shape index (κ2) is 8.63. The summed E-state index contributed by atoms with van der Waals surface area (Å²) in [6.07, 6.45) is 1.81. The first-order valence-corrected chi connectivity index (χ1v) is 11.3. The quantitative estimate of drug-likeness (QED) is 0.365. The maximum atomic E-state index is 13.3. The fourth-order valence-corrected chi connectivity index (χ4v) is 4.12. The zero-order valence-electron chi connectivity index (χ0n) is 19.7. The summed E-state index contributed by atoms with van der Waals surface area (Å²) in [5.74, 6) is 1.37. The summed E-state index contributed by atoms with van der Waals surface area (Å²) >= 11 is 0. The second-order valence-corrected chi connectivity index (χ2v) is 8.66. The Labute approximate surface area is 198 Å². The summed E-state index contributed by atoms with van der Waals surface area (Å²) in [5, 5.41) is 8.41. The highest BCUT2D eigenvalue weighted by Crippen LogP contribution is 2.29. The summed E-state index contributed by atoms with van der Waals surface area (Å²) in [6, 6.07) is 19.8. The molecule has 1 N–H and O–H groups in total. The number of benzene rings is 2. The molecule has 6 nitrogen and oxygen atoms in total. The van der Waals surface area contributed by atoms with E-state index >= 15 is 0 Å². The number of hydrogen-bond acceptors (Lipinski definition) is 4. The summed E-state index contributed by atoms with van der Waals surface area (Å²) < 4.78 is 7.50. The summed E-state index contributed by atoms with van der Waals surface area (Å²) in [6.45, 7) is 8.29. The van der Waals surface area contributed by atoms with E-state index in [2.05, 4.69) is 29.5 Å². The molecule has 0 fully saturated rings. The zero-order valence-corrected chi connectivity index (χ0v) is 19.7. The second-order valence-electron chi connectivity index (χ2n) is 8.66. The first kappa shape index (κ1) is 21.6. The number of pyridine rings is 1. The number of fused-ring (bicyclic) bond motifs is 1. The highest BCUT2D eigenvalue weighted by atomic mass is 16.3. The third kappa shape index (κ3) is 4.10. The van der Waals surface area contributed by atoms with Crippen LogP contribution in [0.4, 0.5) is 0 Å². The third-order valence-corrected chi connectivity index (χ3v) is 5.99. The van der Waals surface area contributed by atoms with E-state index in [0.29, 0.717) is 17.8 Å². The number of rotatable bonds is 5. The van der Waals surface area contributed by atoms with Crippen LogP contribution in [0, 0.1) is 27.7 Å². The Bertz CT molecular complexity index is 1510. The predicted octanol–water partition coefficient (Wildman–Crippen LogP) is 5.84. The third-order valence-electron chi connectivity index (χ3n) is 5.99. The monoisotopic (exact) mass is 450 g/mol. The number of aromatic nitrogens is 3. The molecular weight excluding hydrogens is 424 g/mol. The highest BCUT2D eigenvalue weighted by molar-refractivity contribution is 6.07. The Morgan fingerprint density at radius 3 is 2.44 bits per heavy atom. The lowest BCUT2D eigenvalue weighted by molar-refractivity contribution is 0.0949. The Kier molecular flexibility index (Phi) is 5.49. The van der Waals surface area contributed by atoms with Gasteiger partial charge in [-0.05, 0) is 70.2 Å². The van der Waals surface area contributed by atoms with Crippen molar-refractivity contribution in [3.63, 3.8) is 0 Å². The summed E-state index contributed by atoms with van der Waals surface area (Å²) in [4.78, 5) is 18.2. The number of amides is 1. The van der Waals surface area contributed by atoms with Crippen molar-refractivity contribution < 1.29 is 9.21 Å². The van der Waals surface area contributed by atoms with E-state index in [1.54, 1.807) is 0 Å². The van der Waals surface area contributed by atoms with E-state index in [-0.39, 0.29) is 5.91 Å². The van der Waals surface area contributed by atoms with Crippen molar-refractivity contribution in [1.82, 2.24) is 20.1 Å². The topological polar surface area (TPSA) is 73.0 Å². The molecule has 2 aromatic carbocycles. The molecule has 0 saturated carbocycles. The van der Waals surface area contributed by atoms with Gasteiger partial charge in [0.2, 0.25) is 0 Å². The van der Waals surface area contributed by atoms with Gasteiger partial charge < -0.3 is 9.73 Å². The summed E-state index contributed by atoms with van der Waals surface area (Å²) in [5.41, 5.74) is 7.16. The normalized spacial score (nSPS) is 11.2. The van der Waals surface area contributed by atoms with Crippen LogP contribution in [0.5, 0.6) is 0 Å². The van der Waals surface area contributed by atoms with Crippen LogP contribution in [0.1, 0.15) is 38.7 Å². The van der Waals surface area contributed by atoms with Gasteiger partial charge in [0, 0.05) is 10.9 Å². The maximum absolute atomic E-state index is 13.3. The van der Waals surface area contributed by atoms with Crippen LogP contribution >= 0.6 is 0 Å². The van der Waals surface area contributed by atoms with Crippen LogP contribution in [-0.2, 0) is 6.54 Å². The molecular formula is C28H26N4O2. The van der Waals surface area contributed by atoms with Crippen molar-refractivity contribution in [1.29, 1.82) is 0 Å². The number of carbonyl (C=O) groups is 1. The Hall–Kier alpha value is -4.19. The largest absolute Gasteiger partial charge is 0.465 e. The minimum Gasteiger partial charge on any atom is -0.465 e. The minimum absolute atomic E-state index is 0.170. The lowest BCUT2D eigenvalue weighted by atomic mass is 10.0. The Morgan fingerprint density at radius 1 is 0.941 bits per heavy atom. The molecule has 0 bridgehead atoms. The van der Waals surface area contributed by atoms with Gasteiger partial charge in [-0.25, -0.2) is 9.67 Å². The fourth-order valence-electron chi connectivity index (χ4n) is 4.12. The van der Waals surface area contributed by atoms with Gasteiger partial charge in [-0.1, -0.05) is 29.3 Å². The van der Waals surface area contributed by atoms with E-state index in [9.17, 15) is 4.79 Å². The number of nitrogens with one attached hydrogen (secondary N) is 1. The molecule has 3 heterocycles. The number of carbonyl (C=O) groups excluding carboxylic acids is 1. The van der Waals surface area contributed by atoms with Gasteiger partial charge in [0.15, 0.2) is 0 Å². The van der Waals surface area contributed by atoms with E-state index in [1.165, 1.54) is 5.56 Å². The van der Waals surface area contributed by atoms with Crippen LogP contribution in [0.2, 0.25) is 0 Å². The van der Waals surface area contributed by atoms with Crippen LogP contribution in [0.3, 0.4) is 0 Å². The smallest absolute Gasteiger partial charge is 0.252 e. The molecule has 5 rings (SSSR count). The standard InChI is InChI=1S/C28H26N4O2/c1-17-5-9-21(10-6-17)32-20(4)25(16-30-32)27-14-24(23-13-18(2)7-12-26(23)31-27)28(33)29-15-22-11-8-19(3)34-22/h5-14,16H,15H2,1-4H3,(H,29,33). The molecule has 34 heavy (non-hydrogen) atoms. The Balaban J connectivity index is 1.56. The lowest BCUT2D eigenvalue weighted by Crippen LogP contribution is -2.23. The molecule has 170 valence electrons. The van der Waals surface area contributed by atoms with Crippen molar-refractivity contribution >= 4 is 16.8 Å². The average molecular weight is 451 g/mol. The van der Waals surface area contributed by atoms with Gasteiger partial charge in [0.05, 0.1) is 40.9 Å². The van der Waals surface area contributed by atoms with Gasteiger partial charge in [-0.2, -0.15) is 5.10 Å². The van der Waals surface area contributed by atoms with Gasteiger partial charge in [0.1, 0.15) is 11.5 Å². The average Bonchev–Trinajstić information content (AvgIpc) is 3.42. The molecule has 0 aliphatic carbocycles. The molecule has 0 aliphatic rings. The molecule has 5 aromatic rings. The molecule has 0 unspecified atom stereocenters. The predicted molar refractivity (Wildman–Crippen MR) is 133 cm³/mol. The number of nitrogens with zero attached hydrogens (tertiary/aromatic N) is 3. The lowest BCUT2D eigenvalue weighted by Gasteiger charge is -2.11. The van der Waals surface area contributed by atoms with E-state index in [0.717, 1.165) is 44.9 Å². The van der Waals surface area contributed by atoms with E-state index in [1.807, 2.05) is 80.2 Å². The fraction of sp³-hybridized carbons (Fsp3) is 0.179. The molecule has 0 spiro atoms. The van der Waals surface area contributed by atoms with Crippen LogP contribution < -0.4 is 5.32 Å². The molecule has 0 atom stereocenters. The van der Waals surface area contributed by atoms with Crippen molar-refractivity contribution in [2.24, 2.45) is 0 Å². The van der Waals surface area contributed by atoms with Crippen molar-refractivity contribution in [3.8, 4) is 16.9 Å². The molecule has 0 radical (unpaired) electrons. The van der Waals surface area contributed by atoms with Crippen molar-refractivity contribution in [2.75, 3.05) is 0 Å². The summed E-state index contributed by atoms with van der Waals surface area (Å²) in [7, 11) is 0. The number of hydrogen-bond donors (Lipinski definition) is 1. The SMILES string of the molecule is Cc1ccc(-n2ncc(-c3cc(C(=O)NCc4ccc(C)o4)c4cc(C)ccc4n3)c2C)cc1. The number of aryl methyl sites for hydroxylation is 3. The van der Waals surface area contributed by atoms with Crippen LogP contribution in [0.25, 0.3) is 27.8 Å². The molecule has 1 amide bonds. The first-order valence-electron chi connectivity index (χ1n) is 11.3. The Morgan fingerprint density at radius 2 is 1.71 bits per heavy atom. The van der Waals surface area contributed by atoms with Gasteiger partial charge in [0.25, 0.3) is 5.91 Å². The van der Waals surface area contributed by atoms with Gasteiger partial charge in [-0.3, -0.25) is 4.79 Å². The van der Waals surface area contributed by atoms with Gasteiger partial charge >= 0.3 is 0 Å². The van der Waals surface area contributed by atoms with E-state index in [4.69, 9.17) is 9.40 Å². The molecule has 0 aliphatic heterocycles. The van der Waals surface area contributed by atoms with E-state index < -0.39 is 0 Å². The minimum atomic E-state index is -0.170. The van der Waals surface area contributed by atoms with Crippen LogP contribution in [0.15, 0.2) is 71.3 Å². The highest BCUT2D eigenvalue weighted by Gasteiger charge is 2.18. The van der Waals surface area contributed by atoms with Crippen molar-refractivity contribution in [2.45, 2.75) is 34.2 Å². The van der Waals surface area contributed by atoms with Crippen molar-refractivity contribution in [3.05, 3.63) is 101 Å². The first-order chi connectivity index (χ1) is 16.4. The number of furan rings is 1. The molecule has 3 aromatic heterocycles.